The average molecular weight is 995 g/mol. The zero-order valence-electron chi connectivity index (χ0n) is 46.3. The van der Waals surface area contributed by atoms with Gasteiger partial charge in [-0.15, -0.1) is 0 Å². The fourth-order valence-corrected chi connectivity index (χ4v) is 10.2. The number of nitrogens with one attached hydrogen (secondary N) is 1. The molecule has 0 bridgehead atoms. The van der Waals surface area contributed by atoms with Crippen molar-refractivity contribution in [1.29, 1.82) is 0 Å². The molecular formula is C61H119NO8. The molecule has 0 aromatic carbocycles. The van der Waals surface area contributed by atoms with Crippen LogP contribution in [0.4, 0.5) is 0 Å². The van der Waals surface area contributed by atoms with E-state index in [4.69, 9.17) is 9.47 Å². The standard InChI is InChI=1S/C61H119NO8/c1-3-5-7-9-11-13-15-17-19-21-23-24-25-26-27-28-29-30-31-32-33-35-37-39-41-43-45-47-49-51-57(65)62-54(53-69-61-60(68)59(67)58(66)56(52-63)70-61)55(64)50-48-46-44-42-40-38-36-34-22-20-18-16-14-12-10-8-6-4-2/h48,50,54-56,58-61,63-64,66-68H,3-47,49,51-53H2,1-2H3,(H,62,65)/b50-48+. The first-order valence-corrected chi connectivity index (χ1v) is 30.9. The van der Waals surface area contributed by atoms with Gasteiger partial charge in [0.25, 0.3) is 0 Å². The van der Waals surface area contributed by atoms with Crippen LogP contribution in [0, 0.1) is 0 Å². The zero-order valence-corrected chi connectivity index (χ0v) is 46.3. The summed E-state index contributed by atoms with van der Waals surface area (Å²) in [5.74, 6) is -0.169. The number of allylic oxidation sites excluding steroid dienone is 1. The van der Waals surface area contributed by atoms with Gasteiger partial charge >= 0.3 is 0 Å². The zero-order chi connectivity index (χ0) is 50.8. The van der Waals surface area contributed by atoms with Gasteiger partial charge in [-0.1, -0.05) is 302 Å². The van der Waals surface area contributed by atoms with Gasteiger partial charge in [0.15, 0.2) is 6.29 Å². The van der Waals surface area contributed by atoms with Gasteiger partial charge in [-0.2, -0.15) is 0 Å². The highest BCUT2D eigenvalue weighted by molar-refractivity contribution is 5.76. The number of aliphatic hydroxyl groups is 5. The quantitative estimate of drug-likeness (QED) is 0.0261. The number of ether oxygens (including phenoxy) is 2. The molecule has 0 saturated carbocycles. The number of hydrogen-bond acceptors (Lipinski definition) is 8. The third kappa shape index (κ3) is 40.3. The van der Waals surface area contributed by atoms with Crippen molar-refractivity contribution < 1.29 is 39.8 Å². The number of unbranched alkanes of at least 4 members (excludes halogenated alkanes) is 44. The Morgan fingerprint density at radius 1 is 0.471 bits per heavy atom. The molecule has 1 amide bonds. The van der Waals surface area contributed by atoms with E-state index < -0.39 is 49.5 Å². The number of carbonyl (C=O) groups excluding carboxylic acids is 1. The van der Waals surface area contributed by atoms with Gasteiger partial charge in [0.05, 0.1) is 25.4 Å². The summed E-state index contributed by atoms with van der Waals surface area (Å²) in [4.78, 5) is 13.1. The summed E-state index contributed by atoms with van der Waals surface area (Å²) in [5.41, 5.74) is 0. The highest BCUT2D eigenvalue weighted by Gasteiger charge is 2.44. The molecule has 1 fully saturated rings. The van der Waals surface area contributed by atoms with Gasteiger partial charge in [0.1, 0.15) is 24.4 Å². The minimum absolute atomic E-state index is 0.169. The molecule has 0 spiro atoms. The van der Waals surface area contributed by atoms with Crippen LogP contribution in [0.25, 0.3) is 0 Å². The fraction of sp³-hybridized carbons (Fsp3) is 0.951. The minimum atomic E-state index is -1.56. The average Bonchev–Trinajstić information content (AvgIpc) is 3.36. The van der Waals surface area contributed by atoms with Gasteiger partial charge < -0.3 is 40.3 Å². The van der Waals surface area contributed by atoms with E-state index in [1.165, 1.54) is 257 Å². The molecule has 70 heavy (non-hydrogen) atoms. The van der Waals surface area contributed by atoms with E-state index in [1.807, 2.05) is 6.08 Å². The maximum absolute atomic E-state index is 13.1. The first kappa shape index (κ1) is 66.9. The van der Waals surface area contributed by atoms with Gasteiger partial charge in [-0.25, -0.2) is 0 Å². The number of hydrogen-bond donors (Lipinski definition) is 6. The normalized spacial score (nSPS) is 19.3. The lowest BCUT2D eigenvalue weighted by atomic mass is 9.99. The lowest BCUT2D eigenvalue weighted by molar-refractivity contribution is -0.302. The maximum Gasteiger partial charge on any atom is 0.220 e. The summed E-state index contributed by atoms with van der Waals surface area (Å²) in [5, 5.41) is 54.6. The Labute approximate surface area is 433 Å². The van der Waals surface area contributed by atoms with Crippen LogP contribution >= 0.6 is 0 Å². The molecule has 9 heteroatoms. The third-order valence-electron chi connectivity index (χ3n) is 15.1. The van der Waals surface area contributed by atoms with Crippen molar-refractivity contribution in [2.45, 2.75) is 358 Å². The molecule has 0 radical (unpaired) electrons. The van der Waals surface area contributed by atoms with Crippen LogP contribution in [-0.2, 0) is 14.3 Å². The molecule has 0 aliphatic carbocycles. The van der Waals surface area contributed by atoms with Crippen LogP contribution in [0.3, 0.4) is 0 Å². The van der Waals surface area contributed by atoms with Crippen LogP contribution < -0.4 is 5.32 Å². The smallest absolute Gasteiger partial charge is 0.220 e. The Kier molecular flexibility index (Phi) is 49.2. The second-order valence-electron chi connectivity index (χ2n) is 21.9. The molecule has 1 heterocycles. The molecule has 1 aliphatic heterocycles. The predicted octanol–water partition coefficient (Wildman–Crippen LogP) is 15.6. The number of amides is 1. The van der Waals surface area contributed by atoms with Crippen LogP contribution in [0.15, 0.2) is 12.2 Å². The highest BCUT2D eigenvalue weighted by Crippen LogP contribution is 2.23. The lowest BCUT2D eigenvalue weighted by Crippen LogP contribution is -2.60. The van der Waals surface area contributed by atoms with Crippen molar-refractivity contribution in [2.24, 2.45) is 0 Å². The lowest BCUT2D eigenvalue weighted by Gasteiger charge is -2.40. The summed E-state index contributed by atoms with van der Waals surface area (Å²) in [6.07, 6.45) is 57.2. The number of carbonyl (C=O) groups is 1. The van der Waals surface area contributed by atoms with Gasteiger partial charge in [0.2, 0.25) is 5.91 Å². The second-order valence-corrected chi connectivity index (χ2v) is 21.9. The van der Waals surface area contributed by atoms with Crippen molar-refractivity contribution in [2.75, 3.05) is 13.2 Å². The van der Waals surface area contributed by atoms with E-state index in [1.54, 1.807) is 6.08 Å². The molecule has 416 valence electrons. The van der Waals surface area contributed by atoms with E-state index >= 15 is 0 Å². The Hall–Kier alpha value is -1.07. The van der Waals surface area contributed by atoms with Crippen molar-refractivity contribution in [3.63, 3.8) is 0 Å². The van der Waals surface area contributed by atoms with Crippen molar-refractivity contribution >= 4 is 5.91 Å². The molecule has 1 rings (SSSR count). The van der Waals surface area contributed by atoms with Gasteiger partial charge in [0, 0.05) is 6.42 Å². The van der Waals surface area contributed by atoms with E-state index in [2.05, 4.69) is 19.2 Å². The Morgan fingerprint density at radius 2 is 0.786 bits per heavy atom. The third-order valence-corrected chi connectivity index (χ3v) is 15.1. The van der Waals surface area contributed by atoms with Crippen molar-refractivity contribution in [3.05, 3.63) is 12.2 Å². The van der Waals surface area contributed by atoms with Gasteiger partial charge in [-0.3, -0.25) is 4.79 Å². The van der Waals surface area contributed by atoms with Gasteiger partial charge in [-0.05, 0) is 19.3 Å². The van der Waals surface area contributed by atoms with Crippen LogP contribution in [0.5, 0.6) is 0 Å². The molecule has 7 unspecified atom stereocenters. The van der Waals surface area contributed by atoms with E-state index in [-0.39, 0.29) is 12.5 Å². The minimum Gasteiger partial charge on any atom is -0.394 e. The number of aliphatic hydroxyl groups excluding tert-OH is 5. The fourth-order valence-electron chi connectivity index (χ4n) is 10.2. The van der Waals surface area contributed by atoms with Crippen molar-refractivity contribution in [3.8, 4) is 0 Å². The Bertz CT molecular complexity index is 1110. The molecule has 1 saturated heterocycles. The Balaban J connectivity index is 2.15. The molecule has 1 aliphatic rings. The largest absolute Gasteiger partial charge is 0.394 e. The Morgan fingerprint density at radius 3 is 1.11 bits per heavy atom. The second kappa shape index (κ2) is 51.4. The monoisotopic (exact) mass is 994 g/mol. The topological polar surface area (TPSA) is 149 Å². The van der Waals surface area contributed by atoms with Crippen molar-refractivity contribution in [1.82, 2.24) is 5.32 Å². The molecule has 6 N–H and O–H groups in total. The molecule has 7 atom stereocenters. The van der Waals surface area contributed by atoms with Crippen LogP contribution in [0.2, 0.25) is 0 Å². The van der Waals surface area contributed by atoms with Crippen LogP contribution in [0.1, 0.15) is 316 Å². The summed E-state index contributed by atoms with van der Waals surface area (Å²) < 4.78 is 11.3. The summed E-state index contributed by atoms with van der Waals surface area (Å²) in [6.45, 7) is 3.83. The molecule has 0 aromatic rings. The summed E-state index contributed by atoms with van der Waals surface area (Å²) >= 11 is 0. The SMILES string of the molecule is CCCCCCCCCCCCCCCCCC/C=C/C(O)C(COC1OC(CO)C(O)C(O)C1O)NC(=O)CCCCCCCCCCCCCCCCCCCCCCCCCCCCCCC. The summed E-state index contributed by atoms with van der Waals surface area (Å²) in [6, 6.07) is -0.800. The molecule has 9 nitrogen and oxygen atoms in total. The first-order valence-electron chi connectivity index (χ1n) is 30.9. The molecule has 0 aromatic heterocycles. The number of rotatable bonds is 54. The first-order chi connectivity index (χ1) is 34.3. The van der Waals surface area contributed by atoms with E-state index in [0.29, 0.717) is 6.42 Å². The van der Waals surface area contributed by atoms with E-state index in [0.717, 1.165) is 38.5 Å². The predicted molar refractivity (Wildman–Crippen MR) is 295 cm³/mol. The highest BCUT2D eigenvalue weighted by atomic mass is 16.7. The summed E-state index contributed by atoms with van der Waals surface area (Å²) in [7, 11) is 0. The van der Waals surface area contributed by atoms with E-state index in [9.17, 15) is 30.3 Å². The van der Waals surface area contributed by atoms with Crippen LogP contribution in [-0.4, -0.2) is 87.5 Å². The molecular weight excluding hydrogens is 875 g/mol. The maximum atomic E-state index is 13.1.